The van der Waals surface area contributed by atoms with Crippen molar-refractivity contribution in [2.75, 3.05) is 19.7 Å². The van der Waals surface area contributed by atoms with Gasteiger partial charge in [0.05, 0.1) is 24.5 Å². The standard InChI is InChI=1S/C29H33F2N3O3/c1-28(2,35)19-37-33-27(22-7-8-25(30)26(31)15-22)21-5-3-20(4-6-21)17-34-13-10-29(11-14-34)24-16-32-12-9-23(24)18-36-29/h3-8,12,15-16,18,27,33,35H,9-11,13-14,17,19H2,1-2H3. The normalized spacial score (nSPS) is 19.8. The summed E-state index contributed by atoms with van der Waals surface area (Å²) >= 11 is 0. The molecule has 5 rings (SSSR count). The number of likely N-dealkylation sites (tertiary alicyclic amines) is 1. The van der Waals surface area contributed by atoms with Crippen molar-refractivity contribution < 1.29 is 23.5 Å². The molecule has 37 heavy (non-hydrogen) atoms. The Morgan fingerprint density at radius 2 is 1.84 bits per heavy atom. The maximum absolute atomic E-state index is 14.0. The summed E-state index contributed by atoms with van der Waals surface area (Å²) in [4.78, 5) is 12.3. The Hall–Kier alpha value is -2.91. The van der Waals surface area contributed by atoms with Crippen molar-refractivity contribution in [2.24, 2.45) is 4.99 Å². The largest absolute Gasteiger partial charge is 0.490 e. The average molecular weight is 510 g/mol. The van der Waals surface area contributed by atoms with Gasteiger partial charge in [0, 0.05) is 62.5 Å². The fraction of sp³-hybridized carbons (Fsp3) is 0.414. The molecule has 1 spiro atoms. The molecular formula is C29H33F2N3O3. The molecule has 1 fully saturated rings. The van der Waals surface area contributed by atoms with Gasteiger partial charge in [0.2, 0.25) is 0 Å². The van der Waals surface area contributed by atoms with E-state index in [2.05, 4.69) is 15.4 Å². The summed E-state index contributed by atoms with van der Waals surface area (Å²) in [5.41, 5.74) is 6.65. The van der Waals surface area contributed by atoms with Crippen molar-refractivity contribution in [2.45, 2.75) is 56.9 Å². The van der Waals surface area contributed by atoms with Gasteiger partial charge in [-0.2, -0.15) is 5.48 Å². The molecule has 0 bridgehead atoms. The monoisotopic (exact) mass is 509 g/mol. The molecule has 2 N–H and O–H groups in total. The topological polar surface area (TPSA) is 66.3 Å². The van der Waals surface area contributed by atoms with E-state index in [0.717, 1.165) is 62.2 Å². The number of nitrogens with one attached hydrogen (secondary N) is 1. The van der Waals surface area contributed by atoms with Crippen molar-refractivity contribution in [3.05, 3.63) is 94.4 Å². The second kappa shape index (κ2) is 10.5. The third kappa shape index (κ3) is 5.83. The van der Waals surface area contributed by atoms with Crippen LogP contribution >= 0.6 is 0 Å². The molecule has 0 saturated carbocycles. The summed E-state index contributed by atoms with van der Waals surface area (Å²) in [6.07, 6.45) is 8.48. The lowest BCUT2D eigenvalue weighted by atomic mass is 9.81. The maximum atomic E-state index is 14.0. The number of fused-ring (bicyclic) bond motifs is 2. The molecule has 8 heteroatoms. The first kappa shape index (κ1) is 25.7. The molecule has 0 radical (unpaired) electrons. The second-order valence-electron chi connectivity index (χ2n) is 10.7. The lowest BCUT2D eigenvalue weighted by Gasteiger charge is -2.40. The van der Waals surface area contributed by atoms with Crippen molar-refractivity contribution in [3.8, 4) is 0 Å². The number of rotatable bonds is 8. The number of aliphatic hydroxyl groups is 1. The van der Waals surface area contributed by atoms with Gasteiger partial charge in [-0.05, 0) is 42.7 Å². The molecule has 1 saturated heterocycles. The summed E-state index contributed by atoms with van der Waals surface area (Å²) in [6, 6.07) is 11.3. The first-order valence-electron chi connectivity index (χ1n) is 12.7. The Kier molecular flexibility index (Phi) is 7.27. The minimum absolute atomic E-state index is 0.0334. The van der Waals surface area contributed by atoms with Gasteiger partial charge < -0.3 is 9.84 Å². The van der Waals surface area contributed by atoms with E-state index in [0.29, 0.717) is 5.56 Å². The Balaban J connectivity index is 1.24. The van der Waals surface area contributed by atoms with Gasteiger partial charge in [-0.1, -0.05) is 30.3 Å². The summed E-state index contributed by atoms with van der Waals surface area (Å²) in [7, 11) is 0. The Bertz CT molecular complexity index is 1210. The van der Waals surface area contributed by atoms with Gasteiger partial charge in [0.25, 0.3) is 0 Å². The van der Waals surface area contributed by atoms with Crippen LogP contribution < -0.4 is 5.48 Å². The van der Waals surface area contributed by atoms with Crippen molar-refractivity contribution in [1.29, 1.82) is 0 Å². The van der Waals surface area contributed by atoms with Crippen LogP contribution in [-0.2, 0) is 16.1 Å². The van der Waals surface area contributed by atoms with Crippen LogP contribution in [0.3, 0.4) is 0 Å². The molecule has 3 aliphatic rings. The van der Waals surface area contributed by atoms with E-state index >= 15 is 0 Å². The number of ether oxygens (including phenoxy) is 1. The fourth-order valence-electron chi connectivity index (χ4n) is 5.10. The zero-order valence-electron chi connectivity index (χ0n) is 21.2. The molecule has 0 amide bonds. The van der Waals surface area contributed by atoms with Crippen LogP contribution in [0, 0.1) is 11.6 Å². The molecule has 2 aromatic rings. The summed E-state index contributed by atoms with van der Waals surface area (Å²) in [5, 5.41) is 9.97. The van der Waals surface area contributed by atoms with Crippen LogP contribution in [0.5, 0.6) is 0 Å². The molecule has 2 aromatic carbocycles. The highest BCUT2D eigenvalue weighted by Gasteiger charge is 2.44. The van der Waals surface area contributed by atoms with Gasteiger partial charge >= 0.3 is 0 Å². The average Bonchev–Trinajstić information content (AvgIpc) is 3.23. The number of nitrogens with zero attached hydrogens (tertiary/aromatic N) is 2. The Morgan fingerprint density at radius 3 is 2.54 bits per heavy atom. The van der Waals surface area contributed by atoms with Crippen LogP contribution in [0.2, 0.25) is 0 Å². The van der Waals surface area contributed by atoms with E-state index in [1.165, 1.54) is 17.2 Å². The first-order valence-corrected chi connectivity index (χ1v) is 12.7. The van der Waals surface area contributed by atoms with Crippen LogP contribution in [0.4, 0.5) is 8.78 Å². The molecule has 1 atom stereocenters. The van der Waals surface area contributed by atoms with E-state index < -0.39 is 23.3 Å². The SMILES string of the molecule is CC(C)(O)CONC(c1ccc(CN2CCC3(CC2)OC=C2CC=NC=C23)cc1)c1ccc(F)c(F)c1. The molecule has 3 aliphatic heterocycles. The van der Waals surface area contributed by atoms with Crippen LogP contribution in [0.1, 0.15) is 55.8 Å². The fourth-order valence-corrected chi connectivity index (χ4v) is 5.10. The first-order chi connectivity index (χ1) is 17.7. The number of hydrogen-bond acceptors (Lipinski definition) is 6. The number of hydrogen-bond donors (Lipinski definition) is 2. The van der Waals surface area contributed by atoms with Crippen LogP contribution in [0.15, 0.2) is 71.1 Å². The van der Waals surface area contributed by atoms with E-state index in [9.17, 15) is 13.9 Å². The number of halogens is 2. The zero-order valence-corrected chi connectivity index (χ0v) is 21.2. The van der Waals surface area contributed by atoms with Gasteiger partial charge in [-0.15, -0.1) is 0 Å². The third-order valence-electron chi connectivity index (χ3n) is 7.17. The van der Waals surface area contributed by atoms with Crippen molar-refractivity contribution in [3.63, 3.8) is 0 Å². The number of hydroxylamine groups is 1. The predicted molar refractivity (Wildman–Crippen MR) is 138 cm³/mol. The van der Waals surface area contributed by atoms with Crippen molar-refractivity contribution in [1.82, 2.24) is 10.4 Å². The van der Waals surface area contributed by atoms with Gasteiger partial charge in [-0.3, -0.25) is 14.7 Å². The van der Waals surface area contributed by atoms with E-state index in [1.54, 1.807) is 13.8 Å². The van der Waals surface area contributed by atoms with Gasteiger partial charge in [0.1, 0.15) is 5.60 Å². The lowest BCUT2D eigenvalue weighted by Crippen LogP contribution is -2.45. The zero-order chi connectivity index (χ0) is 26.0. The van der Waals surface area contributed by atoms with E-state index in [1.807, 2.05) is 42.9 Å². The second-order valence-corrected chi connectivity index (χ2v) is 10.7. The third-order valence-corrected chi connectivity index (χ3v) is 7.17. The molecular weight excluding hydrogens is 476 g/mol. The minimum atomic E-state index is -1.04. The molecule has 3 heterocycles. The van der Waals surface area contributed by atoms with Gasteiger partial charge in [-0.25, -0.2) is 8.78 Å². The smallest absolute Gasteiger partial charge is 0.159 e. The molecule has 6 nitrogen and oxygen atoms in total. The number of piperidine rings is 1. The number of benzene rings is 2. The highest BCUT2D eigenvalue weighted by atomic mass is 19.2. The lowest BCUT2D eigenvalue weighted by molar-refractivity contribution is -0.0689. The molecule has 1 unspecified atom stereocenters. The quantitative estimate of drug-likeness (QED) is 0.493. The van der Waals surface area contributed by atoms with Gasteiger partial charge in [0.15, 0.2) is 11.6 Å². The molecule has 0 aliphatic carbocycles. The summed E-state index contributed by atoms with van der Waals surface area (Å²) in [6.45, 7) is 5.96. The minimum Gasteiger partial charge on any atom is -0.490 e. The maximum Gasteiger partial charge on any atom is 0.159 e. The highest BCUT2D eigenvalue weighted by Crippen LogP contribution is 2.44. The Morgan fingerprint density at radius 1 is 1.11 bits per heavy atom. The predicted octanol–water partition coefficient (Wildman–Crippen LogP) is 4.95. The summed E-state index contributed by atoms with van der Waals surface area (Å²) in [5.74, 6) is -1.82. The van der Waals surface area contributed by atoms with Crippen molar-refractivity contribution >= 4 is 6.21 Å². The molecule has 196 valence electrons. The van der Waals surface area contributed by atoms with Crippen LogP contribution in [0.25, 0.3) is 0 Å². The van der Waals surface area contributed by atoms with E-state index in [-0.39, 0.29) is 12.2 Å². The van der Waals surface area contributed by atoms with E-state index in [4.69, 9.17) is 9.57 Å². The molecule has 0 aromatic heterocycles. The van der Waals surface area contributed by atoms with Crippen LogP contribution in [-0.4, -0.2) is 47.1 Å². The Labute approximate surface area is 216 Å². The number of aliphatic imine (C=N–C) groups is 1. The summed E-state index contributed by atoms with van der Waals surface area (Å²) < 4.78 is 33.7. The highest BCUT2D eigenvalue weighted by molar-refractivity contribution is 5.68.